The second kappa shape index (κ2) is 5.37. The zero-order chi connectivity index (χ0) is 13.1. The molecule has 1 unspecified atom stereocenters. The molecule has 1 aliphatic heterocycles. The lowest BCUT2D eigenvalue weighted by molar-refractivity contribution is -0.119. The van der Waals surface area contributed by atoms with Gasteiger partial charge >= 0.3 is 5.97 Å². The van der Waals surface area contributed by atoms with Crippen molar-refractivity contribution in [1.82, 2.24) is 5.32 Å². The third-order valence-corrected chi connectivity index (χ3v) is 3.22. The van der Waals surface area contributed by atoms with Gasteiger partial charge in [0.05, 0.1) is 22.2 Å². The van der Waals surface area contributed by atoms with E-state index < -0.39 is 5.97 Å². The molecule has 5 nitrogen and oxygen atoms in total. The van der Waals surface area contributed by atoms with E-state index in [1.807, 2.05) is 0 Å². The monoisotopic (exact) mass is 268 g/mol. The number of rotatable bonds is 3. The highest BCUT2D eigenvalue weighted by Crippen LogP contribution is 2.24. The summed E-state index contributed by atoms with van der Waals surface area (Å²) in [6, 6.07) is 4.25. The quantitative estimate of drug-likeness (QED) is 0.778. The molecule has 1 aliphatic rings. The zero-order valence-electron chi connectivity index (χ0n) is 9.57. The molecule has 0 aliphatic carbocycles. The molecule has 1 amide bonds. The van der Waals surface area contributed by atoms with Gasteiger partial charge in [-0.15, -0.1) is 0 Å². The van der Waals surface area contributed by atoms with Crippen LogP contribution in [0, 0.1) is 5.92 Å². The van der Waals surface area contributed by atoms with Crippen LogP contribution in [0.2, 0.25) is 5.02 Å². The first-order chi connectivity index (χ1) is 8.58. The molecule has 1 heterocycles. The van der Waals surface area contributed by atoms with Gasteiger partial charge in [-0.05, 0) is 31.2 Å². The second-order valence-electron chi connectivity index (χ2n) is 4.18. The van der Waals surface area contributed by atoms with Gasteiger partial charge in [0.25, 0.3) is 0 Å². The van der Waals surface area contributed by atoms with Gasteiger partial charge in [-0.3, -0.25) is 4.79 Å². The van der Waals surface area contributed by atoms with Crippen molar-refractivity contribution in [3.63, 3.8) is 0 Å². The molecule has 1 atom stereocenters. The number of carboxylic acids is 1. The molecule has 18 heavy (non-hydrogen) atoms. The van der Waals surface area contributed by atoms with Crippen LogP contribution in [0.15, 0.2) is 18.2 Å². The lowest BCUT2D eigenvalue weighted by atomic mass is 10.1. The maximum atomic E-state index is 11.9. The molecule has 0 saturated carbocycles. The van der Waals surface area contributed by atoms with E-state index in [1.54, 1.807) is 0 Å². The van der Waals surface area contributed by atoms with Gasteiger partial charge in [-0.2, -0.15) is 0 Å². The Hall–Kier alpha value is -1.59. The summed E-state index contributed by atoms with van der Waals surface area (Å²) >= 11 is 5.93. The molecule has 6 heteroatoms. The predicted octanol–water partition coefficient (Wildman–Crippen LogP) is 1.59. The van der Waals surface area contributed by atoms with Crippen LogP contribution in [0.1, 0.15) is 16.8 Å². The number of nitrogens with one attached hydrogen (secondary N) is 2. The highest BCUT2D eigenvalue weighted by Gasteiger charge is 2.22. The average Bonchev–Trinajstić information content (AvgIpc) is 2.85. The molecule has 0 bridgehead atoms. The number of aromatic carboxylic acids is 1. The number of anilines is 1. The normalized spacial score (nSPS) is 18.6. The van der Waals surface area contributed by atoms with Crippen molar-refractivity contribution >= 4 is 29.2 Å². The van der Waals surface area contributed by atoms with E-state index in [-0.39, 0.29) is 22.4 Å². The van der Waals surface area contributed by atoms with Crippen molar-refractivity contribution in [1.29, 1.82) is 0 Å². The minimum absolute atomic E-state index is 0.0554. The lowest BCUT2D eigenvalue weighted by Gasteiger charge is -2.11. The molecule has 0 aromatic heterocycles. The van der Waals surface area contributed by atoms with Crippen LogP contribution >= 0.6 is 11.6 Å². The molecule has 1 aromatic carbocycles. The van der Waals surface area contributed by atoms with Crippen molar-refractivity contribution in [3.05, 3.63) is 28.8 Å². The smallest absolute Gasteiger partial charge is 0.335 e. The van der Waals surface area contributed by atoms with Crippen LogP contribution in [0.4, 0.5) is 5.69 Å². The first-order valence-corrected chi connectivity index (χ1v) is 6.00. The van der Waals surface area contributed by atoms with Crippen molar-refractivity contribution in [2.75, 3.05) is 18.4 Å². The Morgan fingerprint density at radius 3 is 2.78 bits per heavy atom. The molecule has 1 aromatic rings. The molecule has 3 N–H and O–H groups in total. The summed E-state index contributed by atoms with van der Waals surface area (Å²) in [6.45, 7) is 1.50. The Morgan fingerprint density at radius 2 is 2.22 bits per heavy atom. The summed E-state index contributed by atoms with van der Waals surface area (Å²) in [7, 11) is 0. The largest absolute Gasteiger partial charge is 0.478 e. The fourth-order valence-corrected chi connectivity index (χ4v) is 2.09. The van der Waals surface area contributed by atoms with E-state index in [9.17, 15) is 9.59 Å². The van der Waals surface area contributed by atoms with E-state index in [4.69, 9.17) is 16.7 Å². The third kappa shape index (κ3) is 2.80. The van der Waals surface area contributed by atoms with Crippen molar-refractivity contribution in [3.8, 4) is 0 Å². The Labute approximate surface area is 109 Å². The van der Waals surface area contributed by atoms with E-state index >= 15 is 0 Å². The topological polar surface area (TPSA) is 78.4 Å². The van der Waals surface area contributed by atoms with Gasteiger partial charge in [0.1, 0.15) is 0 Å². The van der Waals surface area contributed by atoms with Crippen LogP contribution in [-0.4, -0.2) is 30.1 Å². The molecule has 1 fully saturated rings. The molecule has 0 spiro atoms. The number of benzene rings is 1. The molecular weight excluding hydrogens is 256 g/mol. The average molecular weight is 269 g/mol. The van der Waals surface area contributed by atoms with Gasteiger partial charge in [0.2, 0.25) is 5.91 Å². The van der Waals surface area contributed by atoms with E-state index in [0.29, 0.717) is 12.2 Å². The Morgan fingerprint density at radius 1 is 1.44 bits per heavy atom. The molecular formula is C12H13ClN2O3. The van der Waals surface area contributed by atoms with E-state index in [1.165, 1.54) is 18.2 Å². The summed E-state index contributed by atoms with van der Waals surface area (Å²) in [5, 5.41) is 14.9. The molecule has 96 valence electrons. The standard InChI is InChI=1S/C12H13ClN2O3/c13-9-5-7(12(17)18)1-2-10(9)15-11(16)8-3-4-14-6-8/h1-2,5,8,14H,3-4,6H2,(H,15,16)(H,17,18). The van der Waals surface area contributed by atoms with Crippen molar-refractivity contribution in [2.45, 2.75) is 6.42 Å². The Bertz CT molecular complexity index is 484. The van der Waals surface area contributed by atoms with Gasteiger partial charge < -0.3 is 15.7 Å². The van der Waals surface area contributed by atoms with Gasteiger partial charge in [-0.25, -0.2) is 4.79 Å². The SMILES string of the molecule is O=C(O)c1ccc(NC(=O)C2CCNC2)c(Cl)c1. The highest BCUT2D eigenvalue weighted by atomic mass is 35.5. The highest BCUT2D eigenvalue weighted by molar-refractivity contribution is 6.34. The van der Waals surface area contributed by atoms with Crippen LogP contribution in [0.25, 0.3) is 0 Å². The zero-order valence-corrected chi connectivity index (χ0v) is 10.3. The lowest BCUT2D eigenvalue weighted by Crippen LogP contribution is -2.24. The number of hydrogen-bond donors (Lipinski definition) is 3. The fourth-order valence-electron chi connectivity index (χ4n) is 1.86. The Kier molecular flexibility index (Phi) is 3.84. The summed E-state index contributed by atoms with van der Waals surface area (Å²) in [6.07, 6.45) is 0.802. The summed E-state index contributed by atoms with van der Waals surface area (Å²) < 4.78 is 0. The van der Waals surface area contributed by atoms with Crippen LogP contribution in [0.3, 0.4) is 0 Å². The molecule has 1 saturated heterocycles. The first-order valence-electron chi connectivity index (χ1n) is 5.62. The number of halogens is 1. The fraction of sp³-hybridized carbons (Fsp3) is 0.333. The molecule has 2 rings (SSSR count). The van der Waals surface area contributed by atoms with Crippen LogP contribution < -0.4 is 10.6 Å². The van der Waals surface area contributed by atoms with Crippen molar-refractivity contribution < 1.29 is 14.7 Å². The first kappa shape index (κ1) is 12.9. The number of hydrogen-bond acceptors (Lipinski definition) is 3. The predicted molar refractivity (Wildman–Crippen MR) is 68.0 cm³/mol. The van der Waals surface area contributed by atoms with Crippen LogP contribution in [0.5, 0.6) is 0 Å². The van der Waals surface area contributed by atoms with Crippen molar-refractivity contribution in [2.24, 2.45) is 5.92 Å². The summed E-state index contributed by atoms with van der Waals surface area (Å²) in [5.74, 6) is -1.19. The van der Waals surface area contributed by atoms with Gasteiger partial charge in [0.15, 0.2) is 0 Å². The summed E-state index contributed by atoms with van der Waals surface area (Å²) in [4.78, 5) is 22.6. The van der Waals surface area contributed by atoms with Crippen LogP contribution in [-0.2, 0) is 4.79 Å². The minimum Gasteiger partial charge on any atom is -0.478 e. The summed E-state index contributed by atoms with van der Waals surface area (Å²) in [5.41, 5.74) is 0.541. The number of amides is 1. The maximum absolute atomic E-state index is 11.9. The molecule has 0 radical (unpaired) electrons. The Balaban J connectivity index is 2.09. The number of carbonyl (C=O) groups excluding carboxylic acids is 1. The number of carboxylic acid groups (broad SMARTS) is 1. The second-order valence-corrected chi connectivity index (χ2v) is 4.59. The van der Waals surface area contributed by atoms with E-state index in [0.717, 1.165) is 13.0 Å². The van der Waals surface area contributed by atoms with Gasteiger partial charge in [0, 0.05) is 6.54 Å². The van der Waals surface area contributed by atoms with Gasteiger partial charge in [-0.1, -0.05) is 11.6 Å². The third-order valence-electron chi connectivity index (χ3n) is 2.91. The van der Waals surface area contributed by atoms with E-state index in [2.05, 4.69) is 10.6 Å². The number of carbonyl (C=O) groups is 2. The maximum Gasteiger partial charge on any atom is 0.335 e. The minimum atomic E-state index is -1.05.